The predicted molar refractivity (Wildman–Crippen MR) is 87.1 cm³/mol. The van der Waals surface area contributed by atoms with E-state index in [1.807, 2.05) is 49.4 Å². The van der Waals surface area contributed by atoms with Crippen molar-refractivity contribution in [2.75, 3.05) is 18.7 Å². The fourth-order valence-electron chi connectivity index (χ4n) is 2.41. The van der Waals surface area contributed by atoms with E-state index in [1.54, 1.807) is 0 Å². The largest absolute Gasteiger partial charge is 0.494 e. The molecule has 5 heteroatoms. The highest BCUT2D eigenvalue weighted by Crippen LogP contribution is 2.32. The quantitative estimate of drug-likeness (QED) is 0.888. The van der Waals surface area contributed by atoms with Crippen molar-refractivity contribution >= 4 is 11.6 Å². The second kappa shape index (κ2) is 7.05. The molecule has 0 saturated heterocycles. The minimum Gasteiger partial charge on any atom is -0.494 e. The first-order valence-electron chi connectivity index (χ1n) is 7.66. The summed E-state index contributed by atoms with van der Waals surface area (Å²) in [5.41, 5.74) is 1.79. The second-order valence-electron chi connectivity index (χ2n) is 5.20. The third kappa shape index (κ3) is 3.94. The van der Waals surface area contributed by atoms with Gasteiger partial charge in [0.25, 0.3) is 0 Å². The Labute approximate surface area is 135 Å². The van der Waals surface area contributed by atoms with E-state index in [-0.39, 0.29) is 12.7 Å². The first-order chi connectivity index (χ1) is 11.2. The van der Waals surface area contributed by atoms with E-state index in [0.717, 1.165) is 28.5 Å². The molecule has 0 fully saturated rings. The zero-order valence-corrected chi connectivity index (χ0v) is 13.0. The number of hydrogen-bond donors (Lipinski definition) is 1. The van der Waals surface area contributed by atoms with Crippen LogP contribution in [0, 0.1) is 0 Å². The van der Waals surface area contributed by atoms with Crippen molar-refractivity contribution < 1.29 is 19.0 Å². The highest BCUT2D eigenvalue weighted by atomic mass is 16.7. The molecule has 1 heterocycles. The van der Waals surface area contributed by atoms with E-state index in [0.29, 0.717) is 19.4 Å². The Morgan fingerprint density at radius 2 is 2.04 bits per heavy atom. The molecule has 1 aliphatic heterocycles. The van der Waals surface area contributed by atoms with E-state index in [2.05, 4.69) is 5.32 Å². The number of nitrogens with one attached hydrogen (secondary N) is 1. The lowest BCUT2D eigenvalue weighted by atomic mass is 10.1. The molecule has 5 nitrogen and oxygen atoms in total. The highest BCUT2D eigenvalue weighted by molar-refractivity contribution is 5.91. The van der Waals surface area contributed by atoms with Gasteiger partial charge in [0, 0.05) is 18.2 Å². The van der Waals surface area contributed by atoms with Gasteiger partial charge in [-0.25, -0.2) is 0 Å². The normalized spacial score (nSPS) is 12.0. The number of hydrogen-bond acceptors (Lipinski definition) is 4. The lowest BCUT2D eigenvalue weighted by Gasteiger charge is -2.08. The predicted octanol–water partition coefficient (Wildman–Crippen LogP) is 3.39. The summed E-state index contributed by atoms with van der Waals surface area (Å²) in [5.74, 6) is 2.22. The summed E-state index contributed by atoms with van der Waals surface area (Å²) < 4.78 is 16.0. The van der Waals surface area contributed by atoms with Crippen molar-refractivity contribution in [3.63, 3.8) is 0 Å². The Hall–Kier alpha value is -2.69. The number of fused-ring (bicyclic) bond motifs is 1. The molecule has 2 aromatic rings. The van der Waals surface area contributed by atoms with Crippen molar-refractivity contribution in [3.05, 3.63) is 48.0 Å². The second-order valence-corrected chi connectivity index (χ2v) is 5.20. The molecule has 0 bridgehead atoms. The van der Waals surface area contributed by atoms with Crippen LogP contribution >= 0.6 is 0 Å². The smallest absolute Gasteiger partial charge is 0.231 e. The van der Waals surface area contributed by atoms with Gasteiger partial charge in [-0.05, 0) is 43.2 Å². The standard InChI is InChI=1S/C18H19NO4/c1-2-21-15-5-3-4-14(11-15)19-18(20)9-7-13-6-8-16-17(10-13)23-12-22-16/h3-6,8,10-11H,2,7,9,12H2,1H3,(H,19,20). The molecule has 0 aromatic heterocycles. The van der Waals surface area contributed by atoms with Crippen LogP contribution < -0.4 is 19.5 Å². The minimum absolute atomic E-state index is 0.0312. The molecular formula is C18H19NO4. The first kappa shape index (κ1) is 15.2. The molecule has 1 N–H and O–H groups in total. The lowest BCUT2D eigenvalue weighted by molar-refractivity contribution is -0.116. The van der Waals surface area contributed by atoms with Crippen molar-refractivity contribution in [1.29, 1.82) is 0 Å². The summed E-state index contributed by atoms with van der Waals surface area (Å²) in [7, 11) is 0. The average molecular weight is 313 g/mol. The number of benzene rings is 2. The van der Waals surface area contributed by atoms with Crippen LogP contribution in [0.1, 0.15) is 18.9 Å². The van der Waals surface area contributed by atoms with Crippen molar-refractivity contribution in [2.45, 2.75) is 19.8 Å². The molecule has 120 valence electrons. The summed E-state index contributed by atoms with van der Waals surface area (Å²) in [4.78, 5) is 12.1. The number of carbonyl (C=O) groups excluding carboxylic acids is 1. The van der Waals surface area contributed by atoms with Gasteiger partial charge in [0.05, 0.1) is 6.61 Å². The Morgan fingerprint density at radius 1 is 1.17 bits per heavy atom. The van der Waals surface area contributed by atoms with Crippen molar-refractivity contribution in [1.82, 2.24) is 0 Å². The summed E-state index contributed by atoms with van der Waals surface area (Å²) in [5, 5.41) is 2.89. The molecule has 0 atom stereocenters. The molecule has 0 saturated carbocycles. The van der Waals surface area contributed by atoms with Gasteiger partial charge in [-0.2, -0.15) is 0 Å². The van der Waals surface area contributed by atoms with Crippen molar-refractivity contribution in [3.8, 4) is 17.2 Å². The van der Waals surface area contributed by atoms with E-state index in [1.165, 1.54) is 0 Å². The van der Waals surface area contributed by atoms with Crippen LogP contribution in [0.2, 0.25) is 0 Å². The van der Waals surface area contributed by atoms with E-state index in [4.69, 9.17) is 14.2 Å². The van der Waals surface area contributed by atoms with Crippen LogP contribution in [0.5, 0.6) is 17.2 Å². The lowest BCUT2D eigenvalue weighted by Crippen LogP contribution is -2.12. The van der Waals surface area contributed by atoms with Crippen LogP contribution in [-0.2, 0) is 11.2 Å². The van der Waals surface area contributed by atoms with E-state index < -0.39 is 0 Å². The van der Waals surface area contributed by atoms with Gasteiger partial charge in [0.2, 0.25) is 12.7 Å². The van der Waals surface area contributed by atoms with Gasteiger partial charge in [-0.3, -0.25) is 4.79 Å². The summed E-state index contributed by atoms with van der Waals surface area (Å²) in [6, 6.07) is 13.1. The monoisotopic (exact) mass is 313 g/mol. The SMILES string of the molecule is CCOc1cccc(NC(=O)CCc2ccc3c(c2)OCO3)c1. The molecule has 1 aliphatic rings. The molecule has 1 amide bonds. The fraction of sp³-hybridized carbons (Fsp3) is 0.278. The van der Waals surface area contributed by atoms with Gasteiger partial charge in [0.1, 0.15) is 5.75 Å². The Bertz CT molecular complexity index is 699. The van der Waals surface area contributed by atoms with Gasteiger partial charge < -0.3 is 19.5 Å². The fourth-order valence-corrected chi connectivity index (χ4v) is 2.41. The molecule has 23 heavy (non-hydrogen) atoms. The first-order valence-corrected chi connectivity index (χ1v) is 7.66. The Morgan fingerprint density at radius 3 is 2.91 bits per heavy atom. The van der Waals surface area contributed by atoms with Gasteiger partial charge >= 0.3 is 0 Å². The van der Waals surface area contributed by atoms with Crippen LogP contribution in [0.15, 0.2) is 42.5 Å². The molecule has 0 spiro atoms. The molecule has 0 radical (unpaired) electrons. The summed E-state index contributed by atoms with van der Waals surface area (Å²) >= 11 is 0. The third-order valence-electron chi connectivity index (χ3n) is 3.51. The average Bonchev–Trinajstić information content (AvgIpc) is 3.01. The van der Waals surface area contributed by atoms with Gasteiger partial charge in [-0.15, -0.1) is 0 Å². The maximum Gasteiger partial charge on any atom is 0.231 e. The number of amides is 1. The van der Waals surface area contributed by atoms with Crippen molar-refractivity contribution in [2.24, 2.45) is 0 Å². The molecule has 3 rings (SSSR count). The Balaban J connectivity index is 1.54. The Kier molecular flexibility index (Phi) is 4.66. The number of rotatable bonds is 6. The van der Waals surface area contributed by atoms with Crippen LogP contribution in [0.4, 0.5) is 5.69 Å². The zero-order chi connectivity index (χ0) is 16.1. The van der Waals surface area contributed by atoms with Crippen LogP contribution in [0.25, 0.3) is 0 Å². The number of ether oxygens (including phenoxy) is 3. The molecule has 0 aliphatic carbocycles. The van der Waals surface area contributed by atoms with Crippen LogP contribution in [-0.4, -0.2) is 19.3 Å². The summed E-state index contributed by atoms with van der Waals surface area (Å²) in [6.45, 7) is 2.79. The molecule has 2 aromatic carbocycles. The van der Waals surface area contributed by atoms with Gasteiger partial charge in [0.15, 0.2) is 11.5 Å². The summed E-state index contributed by atoms with van der Waals surface area (Å²) in [6.07, 6.45) is 1.05. The topological polar surface area (TPSA) is 56.8 Å². The maximum atomic E-state index is 12.1. The molecular weight excluding hydrogens is 294 g/mol. The minimum atomic E-state index is -0.0312. The number of anilines is 1. The number of carbonyl (C=O) groups is 1. The third-order valence-corrected chi connectivity index (χ3v) is 3.51. The maximum absolute atomic E-state index is 12.1. The molecule has 0 unspecified atom stereocenters. The number of aryl methyl sites for hydroxylation is 1. The highest BCUT2D eigenvalue weighted by Gasteiger charge is 2.13. The van der Waals surface area contributed by atoms with E-state index in [9.17, 15) is 4.79 Å². The zero-order valence-electron chi connectivity index (χ0n) is 13.0. The van der Waals surface area contributed by atoms with E-state index >= 15 is 0 Å². The van der Waals surface area contributed by atoms with Crippen LogP contribution in [0.3, 0.4) is 0 Å². The van der Waals surface area contributed by atoms with Gasteiger partial charge in [-0.1, -0.05) is 12.1 Å².